The maximum Gasteiger partial charge on any atom is 0.409 e. The van der Waals surface area contributed by atoms with Gasteiger partial charge in [-0.1, -0.05) is 29.3 Å². The van der Waals surface area contributed by atoms with Crippen molar-refractivity contribution in [2.45, 2.75) is 32.6 Å². The molecule has 0 aliphatic carbocycles. The lowest BCUT2D eigenvalue weighted by Gasteiger charge is -2.31. The molecule has 2 aromatic rings. The summed E-state index contributed by atoms with van der Waals surface area (Å²) >= 11 is 3.44. The number of fused-ring (bicyclic) bond motifs is 1. The zero-order chi connectivity index (χ0) is 17.6. The Bertz CT molecular complexity index is 711. The van der Waals surface area contributed by atoms with Crippen molar-refractivity contribution in [3.63, 3.8) is 0 Å². The molecule has 1 amide bonds. The van der Waals surface area contributed by atoms with Crippen LogP contribution in [0, 0.1) is 5.92 Å². The smallest absolute Gasteiger partial charge is 0.409 e. The zero-order valence-corrected chi connectivity index (χ0v) is 16.0. The summed E-state index contributed by atoms with van der Waals surface area (Å²) < 4.78 is 12.0. The average Bonchev–Trinajstić information content (AvgIpc) is 3.02. The Hall–Kier alpha value is -1.76. The summed E-state index contributed by atoms with van der Waals surface area (Å²) in [7, 11) is 0. The third-order valence-corrected chi connectivity index (χ3v) is 4.98. The van der Waals surface area contributed by atoms with Crippen LogP contribution in [0.2, 0.25) is 0 Å². The van der Waals surface area contributed by atoms with Gasteiger partial charge in [-0.15, -0.1) is 0 Å². The number of nitrogens with zero attached hydrogens (tertiary/aromatic N) is 2. The Morgan fingerprint density at radius 2 is 2.24 bits per heavy atom. The van der Waals surface area contributed by atoms with E-state index in [-0.39, 0.29) is 6.09 Å². The van der Waals surface area contributed by atoms with E-state index in [4.69, 9.17) is 9.15 Å². The summed E-state index contributed by atoms with van der Waals surface area (Å²) in [6.07, 6.45) is 3.70. The van der Waals surface area contributed by atoms with E-state index in [0.717, 1.165) is 60.9 Å². The van der Waals surface area contributed by atoms with Crippen LogP contribution in [0.4, 0.5) is 10.8 Å². The van der Waals surface area contributed by atoms with Crippen LogP contribution >= 0.6 is 15.9 Å². The lowest BCUT2D eigenvalue weighted by Crippen LogP contribution is -2.40. The number of ether oxygens (including phenoxy) is 1. The van der Waals surface area contributed by atoms with Crippen molar-refractivity contribution in [3.8, 4) is 0 Å². The second-order valence-corrected chi connectivity index (χ2v) is 7.33. The number of amides is 1. The van der Waals surface area contributed by atoms with Crippen LogP contribution in [0.1, 0.15) is 32.6 Å². The highest BCUT2D eigenvalue weighted by atomic mass is 79.9. The SMILES string of the molecule is CCCCOC(=O)N1CCC(CNc2nc3cc(Br)ccc3o2)CC1. The summed E-state index contributed by atoms with van der Waals surface area (Å²) in [5.41, 5.74) is 1.61. The van der Waals surface area contributed by atoms with Gasteiger partial charge >= 0.3 is 6.09 Å². The predicted molar refractivity (Wildman–Crippen MR) is 101 cm³/mol. The van der Waals surface area contributed by atoms with Gasteiger partial charge in [-0.25, -0.2) is 4.79 Å². The number of nitrogens with one attached hydrogen (secondary N) is 1. The molecule has 1 aromatic carbocycles. The molecule has 0 spiro atoms. The van der Waals surface area contributed by atoms with Gasteiger partial charge in [0.05, 0.1) is 6.61 Å². The van der Waals surface area contributed by atoms with Gasteiger partial charge in [0, 0.05) is 24.1 Å². The highest BCUT2D eigenvalue weighted by molar-refractivity contribution is 9.10. The Kier molecular flexibility index (Phi) is 6.18. The van der Waals surface area contributed by atoms with Gasteiger partial charge < -0.3 is 19.4 Å². The van der Waals surface area contributed by atoms with E-state index in [0.29, 0.717) is 18.5 Å². The van der Waals surface area contributed by atoms with Crippen LogP contribution in [0.3, 0.4) is 0 Å². The molecule has 0 radical (unpaired) electrons. The van der Waals surface area contributed by atoms with Crippen LogP contribution < -0.4 is 5.32 Å². The van der Waals surface area contributed by atoms with Gasteiger partial charge in [-0.05, 0) is 43.4 Å². The minimum absolute atomic E-state index is 0.176. The third-order valence-electron chi connectivity index (χ3n) is 4.49. The van der Waals surface area contributed by atoms with Crippen molar-refractivity contribution >= 4 is 39.1 Å². The van der Waals surface area contributed by atoms with Crippen LogP contribution in [-0.4, -0.2) is 42.2 Å². The molecule has 0 unspecified atom stereocenters. The number of hydrogen-bond acceptors (Lipinski definition) is 5. The number of anilines is 1. The van der Waals surface area contributed by atoms with Gasteiger partial charge in [0.15, 0.2) is 5.58 Å². The number of oxazole rings is 1. The van der Waals surface area contributed by atoms with Crippen LogP contribution in [0.5, 0.6) is 0 Å². The molecule has 25 heavy (non-hydrogen) atoms. The molecule has 7 heteroatoms. The lowest BCUT2D eigenvalue weighted by molar-refractivity contribution is 0.0876. The summed E-state index contributed by atoms with van der Waals surface area (Å²) in [6.45, 7) is 4.90. The molecule has 0 atom stereocenters. The largest absolute Gasteiger partial charge is 0.449 e. The molecule has 3 rings (SSSR count). The van der Waals surface area contributed by atoms with E-state index in [1.54, 1.807) is 0 Å². The summed E-state index contributed by atoms with van der Waals surface area (Å²) in [5.74, 6) is 0.501. The summed E-state index contributed by atoms with van der Waals surface area (Å²) in [4.78, 5) is 18.2. The maximum absolute atomic E-state index is 11.9. The fraction of sp³-hybridized carbons (Fsp3) is 0.556. The van der Waals surface area contributed by atoms with Crippen molar-refractivity contribution in [1.29, 1.82) is 0 Å². The van der Waals surface area contributed by atoms with Crippen molar-refractivity contribution in [3.05, 3.63) is 22.7 Å². The maximum atomic E-state index is 11.9. The van der Waals surface area contributed by atoms with Gasteiger partial charge in [0.25, 0.3) is 6.01 Å². The molecule has 1 aliphatic rings. The molecule has 1 aliphatic heterocycles. The van der Waals surface area contributed by atoms with Crippen LogP contribution in [-0.2, 0) is 4.74 Å². The number of aromatic nitrogens is 1. The predicted octanol–water partition coefficient (Wildman–Crippen LogP) is 4.65. The quantitative estimate of drug-likeness (QED) is 0.703. The third kappa shape index (κ3) is 4.87. The van der Waals surface area contributed by atoms with Crippen molar-refractivity contribution in [2.24, 2.45) is 5.92 Å². The number of carbonyl (C=O) groups excluding carboxylic acids is 1. The molecule has 0 bridgehead atoms. The first-order valence-corrected chi connectivity index (χ1v) is 9.66. The lowest BCUT2D eigenvalue weighted by atomic mass is 9.97. The standard InChI is InChI=1S/C18H24BrN3O3/c1-2-3-10-24-18(23)22-8-6-13(7-9-22)12-20-17-21-15-11-14(19)4-5-16(15)25-17/h4-5,11,13H,2-3,6-10,12H2,1H3,(H,20,21). The molecule has 2 heterocycles. The Morgan fingerprint density at radius 1 is 1.44 bits per heavy atom. The molecule has 6 nitrogen and oxygen atoms in total. The molecule has 1 N–H and O–H groups in total. The van der Waals surface area contributed by atoms with E-state index < -0.39 is 0 Å². The second-order valence-electron chi connectivity index (χ2n) is 6.41. The van der Waals surface area contributed by atoms with Crippen molar-refractivity contribution < 1.29 is 13.9 Å². The molecule has 1 saturated heterocycles. The van der Waals surface area contributed by atoms with Gasteiger partial charge in [-0.2, -0.15) is 4.98 Å². The van der Waals surface area contributed by atoms with Gasteiger partial charge in [0.2, 0.25) is 0 Å². The molecule has 0 saturated carbocycles. The van der Waals surface area contributed by atoms with Crippen molar-refractivity contribution in [2.75, 3.05) is 31.6 Å². The number of halogens is 1. The molecule has 1 fully saturated rings. The summed E-state index contributed by atoms with van der Waals surface area (Å²) in [6, 6.07) is 6.33. The summed E-state index contributed by atoms with van der Waals surface area (Å²) in [5, 5.41) is 3.28. The van der Waals surface area contributed by atoms with E-state index >= 15 is 0 Å². The van der Waals surface area contributed by atoms with E-state index in [1.165, 1.54) is 0 Å². The fourth-order valence-electron chi connectivity index (χ4n) is 2.92. The number of unbranched alkanes of at least 4 members (excludes halogenated alkanes) is 1. The number of rotatable bonds is 6. The highest BCUT2D eigenvalue weighted by Crippen LogP contribution is 2.24. The first-order chi connectivity index (χ1) is 12.2. The molecule has 1 aromatic heterocycles. The molecule has 136 valence electrons. The Labute approximate surface area is 156 Å². The average molecular weight is 410 g/mol. The minimum Gasteiger partial charge on any atom is -0.449 e. The normalized spacial score (nSPS) is 15.5. The number of benzene rings is 1. The van der Waals surface area contributed by atoms with Crippen LogP contribution in [0.15, 0.2) is 27.1 Å². The first-order valence-electron chi connectivity index (χ1n) is 8.87. The van der Waals surface area contributed by atoms with Gasteiger partial charge in [-0.3, -0.25) is 0 Å². The topological polar surface area (TPSA) is 67.6 Å². The Balaban J connectivity index is 1.43. The monoisotopic (exact) mass is 409 g/mol. The number of carbonyl (C=O) groups is 1. The number of likely N-dealkylation sites (tertiary alicyclic amines) is 1. The number of piperidine rings is 1. The molecular weight excluding hydrogens is 386 g/mol. The number of hydrogen-bond donors (Lipinski definition) is 1. The van der Waals surface area contributed by atoms with Gasteiger partial charge in [0.1, 0.15) is 5.52 Å². The van der Waals surface area contributed by atoms with E-state index in [2.05, 4.69) is 33.2 Å². The Morgan fingerprint density at radius 3 is 3.00 bits per heavy atom. The van der Waals surface area contributed by atoms with E-state index in [9.17, 15) is 4.79 Å². The fourth-order valence-corrected chi connectivity index (χ4v) is 3.27. The second kappa shape index (κ2) is 8.56. The van der Waals surface area contributed by atoms with Crippen molar-refractivity contribution in [1.82, 2.24) is 9.88 Å². The molecular formula is C18H24BrN3O3. The van der Waals surface area contributed by atoms with Crippen LogP contribution in [0.25, 0.3) is 11.1 Å². The minimum atomic E-state index is -0.176. The highest BCUT2D eigenvalue weighted by Gasteiger charge is 2.23. The first kappa shape index (κ1) is 18.0. The van der Waals surface area contributed by atoms with E-state index in [1.807, 2.05) is 23.1 Å². The zero-order valence-electron chi connectivity index (χ0n) is 14.5.